The molecule has 4 heteroatoms. The van der Waals surface area contributed by atoms with Crippen LogP contribution in [0.25, 0.3) is 0 Å². The molecule has 16 heavy (non-hydrogen) atoms. The monoisotopic (exact) mass is 220 g/mol. The van der Waals surface area contributed by atoms with E-state index in [0.29, 0.717) is 5.41 Å². The predicted molar refractivity (Wildman–Crippen MR) is 63.0 cm³/mol. The maximum Gasteiger partial charge on any atom is 0.122 e. The molecule has 1 aromatic rings. The highest BCUT2D eigenvalue weighted by Gasteiger charge is 2.40. The minimum absolute atomic E-state index is 0.575. The molecular weight excluding hydrogens is 200 g/mol. The second-order valence-electron chi connectivity index (χ2n) is 5.34. The summed E-state index contributed by atoms with van der Waals surface area (Å²) in [4.78, 5) is 6.95. The number of imidazole rings is 1. The van der Waals surface area contributed by atoms with Crippen LogP contribution < -0.4 is 5.32 Å². The molecule has 0 saturated carbocycles. The molecular formula is C12H20N4. The van der Waals surface area contributed by atoms with Gasteiger partial charge in [-0.1, -0.05) is 0 Å². The van der Waals surface area contributed by atoms with E-state index in [1.807, 2.05) is 12.4 Å². The van der Waals surface area contributed by atoms with E-state index in [1.165, 1.54) is 44.8 Å². The summed E-state index contributed by atoms with van der Waals surface area (Å²) in [5.74, 6) is 1.18. The van der Waals surface area contributed by atoms with Crippen molar-refractivity contribution >= 4 is 0 Å². The maximum absolute atomic E-state index is 4.40. The minimum atomic E-state index is 0.575. The lowest BCUT2D eigenvalue weighted by Gasteiger charge is -2.22. The highest BCUT2D eigenvalue weighted by molar-refractivity contribution is 4.98. The minimum Gasteiger partial charge on any atom is -0.337 e. The number of aromatic nitrogens is 2. The summed E-state index contributed by atoms with van der Waals surface area (Å²) in [6.07, 6.45) is 6.62. The van der Waals surface area contributed by atoms with E-state index < -0.39 is 0 Å². The van der Waals surface area contributed by atoms with Crippen LogP contribution in [-0.2, 0) is 13.6 Å². The van der Waals surface area contributed by atoms with Crippen LogP contribution in [0.15, 0.2) is 12.4 Å². The Balaban J connectivity index is 1.64. The molecule has 2 aliphatic heterocycles. The van der Waals surface area contributed by atoms with Gasteiger partial charge in [-0.25, -0.2) is 4.98 Å². The Hall–Kier alpha value is -0.870. The molecule has 0 aliphatic carbocycles. The van der Waals surface area contributed by atoms with Gasteiger partial charge in [-0.2, -0.15) is 0 Å². The van der Waals surface area contributed by atoms with E-state index >= 15 is 0 Å². The van der Waals surface area contributed by atoms with Crippen LogP contribution in [0.2, 0.25) is 0 Å². The lowest BCUT2D eigenvalue weighted by Crippen LogP contribution is -2.29. The van der Waals surface area contributed by atoms with Crippen molar-refractivity contribution < 1.29 is 0 Å². The van der Waals surface area contributed by atoms with Crippen molar-refractivity contribution in [2.24, 2.45) is 12.5 Å². The molecule has 1 N–H and O–H groups in total. The summed E-state index contributed by atoms with van der Waals surface area (Å²) in [6.45, 7) is 5.90. The molecule has 2 aliphatic rings. The first-order valence-corrected chi connectivity index (χ1v) is 6.17. The van der Waals surface area contributed by atoms with Crippen LogP contribution in [0, 0.1) is 5.41 Å². The van der Waals surface area contributed by atoms with Crippen molar-refractivity contribution in [2.75, 3.05) is 26.2 Å². The smallest absolute Gasteiger partial charge is 0.122 e. The zero-order valence-electron chi connectivity index (χ0n) is 9.95. The zero-order valence-corrected chi connectivity index (χ0v) is 9.95. The average Bonchev–Trinajstić information content (AvgIpc) is 2.96. The molecule has 0 radical (unpaired) electrons. The van der Waals surface area contributed by atoms with E-state index in [9.17, 15) is 0 Å². The maximum atomic E-state index is 4.40. The van der Waals surface area contributed by atoms with E-state index in [-0.39, 0.29) is 0 Å². The second-order valence-corrected chi connectivity index (χ2v) is 5.34. The molecule has 2 saturated heterocycles. The number of hydrogen-bond acceptors (Lipinski definition) is 3. The fraction of sp³-hybridized carbons (Fsp3) is 0.750. The molecule has 0 aromatic carbocycles. The molecule has 1 aromatic heterocycles. The summed E-state index contributed by atoms with van der Waals surface area (Å²) in [5, 5.41) is 3.50. The SMILES string of the molecule is Cn1ccnc1CN1CCC2(CCNC2)C1. The predicted octanol–water partition coefficient (Wildman–Crippen LogP) is 0.605. The van der Waals surface area contributed by atoms with Crippen molar-refractivity contribution in [1.29, 1.82) is 0 Å². The zero-order chi connectivity index (χ0) is 11.0. The molecule has 2 fully saturated rings. The Morgan fingerprint density at radius 1 is 1.50 bits per heavy atom. The van der Waals surface area contributed by atoms with Gasteiger partial charge in [0.25, 0.3) is 0 Å². The van der Waals surface area contributed by atoms with E-state index in [4.69, 9.17) is 0 Å². The number of nitrogens with zero attached hydrogens (tertiary/aromatic N) is 3. The van der Waals surface area contributed by atoms with Crippen molar-refractivity contribution in [3.63, 3.8) is 0 Å². The molecule has 0 bridgehead atoms. The van der Waals surface area contributed by atoms with Crippen molar-refractivity contribution in [3.05, 3.63) is 18.2 Å². The molecule has 3 rings (SSSR count). The second kappa shape index (κ2) is 3.86. The van der Waals surface area contributed by atoms with Gasteiger partial charge in [0.2, 0.25) is 0 Å². The quantitative estimate of drug-likeness (QED) is 0.792. The summed E-state index contributed by atoms with van der Waals surface area (Å²) >= 11 is 0. The molecule has 3 heterocycles. The number of rotatable bonds is 2. The van der Waals surface area contributed by atoms with Gasteiger partial charge in [0.1, 0.15) is 5.82 Å². The van der Waals surface area contributed by atoms with E-state index in [2.05, 4.69) is 26.8 Å². The normalized spacial score (nSPS) is 30.6. The largest absolute Gasteiger partial charge is 0.337 e. The Labute approximate surface area is 96.7 Å². The molecule has 1 atom stereocenters. The van der Waals surface area contributed by atoms with Crippen LogP contribution in [0.1, 0.15) is 18.7 Å². The van der Waals surface area contributed by atoms with Gasteiger partial charge in [-0.15, -0.1) is 0 Å². The van der Waals surface area contributed by atoms with Crippen molar-refractivity contribution in [2.45, 2.75) is 19.4 Å². The fourth-order valence-electron chi connectivity index (χ4n) is 3.06. The Morgan fingerprint density at radius 2 is 2.44 bits per heavy atom. The lowest BCUT2D eigenvalue weighted by molar-refractivity contribution is 0.262. The summed E-state index contributed by atoms with van der Waals surface area (Å²) < 4.78 is 2.12. The number of hydrogen-bond donors (Lipinski definition) is 1. The van der Waals surface area contributed by atoms with Crippen LogP contribution in [0.4, 0.5) is 0 Å². The third-order valence-electron chi connectivity index (χ3n) is 4.14. The van der Waals surface area contributed by atoms with Crippen LogP contribution in [-0.4, -0.2) is 40.6 Å². The molecule has 1 unspecified atom stereocenters. The fourth-order valence-corrected chi connectivity index (χ4v) is 3.06. The van der Waals surface area contributed by atoms with Crippen molar-refractivity contribution in [3.8, 4) is 0 Å². The lowest BCUT2D eigenvalue weighted by atomic mass is 9.87. The number of aryl methyl sites for hydroxylation is 1. The molecule has 88 valence electrons. The number of nitrogens with one attached hydrogen (secondary N) is 1. The summed E-state index contributed by atoms with van der Waals surface area (Å²) in [7, 11) is 2.07. The standard InChI is InChI=1S/C12H20N4/c1-15-7-5-14-11(15)8-16-6-3-12(10-16)2-4-13-9-12/h5,7,13H,2-4,6,8-10H2,1H3. The van der Waals surface area contributed by atoms with E-state index in [1.54, 1.807) is 0 Å². The van der Waals surface area contributed by atoms with Crippen molar-refractivity contribution in [1.82, 2.24) is 19.8 Å². The van der Waals surface area contributed by atoms with Gasteiger partial charge < -0.3 is 9.88 Å². The van der Waals surface area contributed by atoms with Crippen LogP contribution in [0.5, 0.6) is 0 Å². The summed E-state index contributed by atoms with van der Waals surface area (Å²) in [5.41, 5.74) is 0.575. The third-order valence-corrected chi connectivity index (χ3v) is 4.14. The third kappa shape index (κ3) is 1.76. The Bertz CT molecular complexity index is 365. The van der Waals surface area contributed by atoms with Gasteiger partial charge in [0.05, 0.1) is 6.54 Å². The number of likely N-dealkylation sites (tertiary alicyclic amines) is 1. The Kier molecular flexibility index (Phi) is 2.48. The highest BCUT2D eigenvalue weighted by atomic mass is 15.2. The van der Waals surface area contributed by atoms with Gasteiger partial charge in [0.15, 0.2) is 0 Å². The molecule has 4 nitrogen and oxygen atoms in total. The van der Waals surface area contributed by atoms with Gasteiger partial charge in [0, 0.05) is 32.5 Å². The van der Waals surface area contributed by atoms with Gasteiger partial charge in [-0.3, -0.25) is 4.90 Å². The first-order valence-electron chi connectivity index (χ1n) is 6.17. The van der Waals surface area contributed by atoms with Crippen LogP contribution >= 0.6 is 0 Å². The average molecular weight is 220 g/mol. The molecule has 1 spiro atoms. The van der Waals surface area contributed by atoms with Gasteiger partial charge >= 0.3 is 0 Å². The highest BCUT2D eigenvalue weighted by Crippen LogP contribution is 2.36. The Morgan fingerprint density at radius 3 is 3.12 bits per heavy atom. The van der Waals surface area contributed by atoms with Gasteiger partial charge in [-0.05, 0) is 31.3 Å². The molecule has 0 amide bonds. The van der Waals surface area contributed by atoms with Crippen LogP contribution in [0.3, 0.4) is 0 Å². The first-order chi connectivity index (χ1) is 7.77. The van der Waals surface area contributed by atoms with E-state index in [0.717, 1.165) is 6.54 Å². The summed E-state index contributed by atoms with van der Waals surface area (Å²) in [6, 6.07) is 0. The topological polar surface area (TPSA) is 33.1 Å². The first kappa shape index (κ1) is 10.3.